The SMILES string of the molecule is O=C(CSCc1ccccc1Br)Nc1ccc(S(=O)(=O)Nc2cccc3ccccc23)cc1. The molecule has 0 radical (unpaired) electrons. The van der Waals surface area contributed by atoms with E-state index in [9.17, 15) is 13.2 Å². The second-order valence-electron chi connectivity index (χ2n) is 7.29. The van der Waals surface area contributed by atoms with E-state index in [0.29, 0.717) is 22.9 Å². The fourth-order valence-electron chi connectivity index (χ4n) is 3.30. The molecule has 0 saturated heterocycles. The van der Waals surface area contributed by atoms with E-state index in [1.807, 2.05) is 60.7 Å². The van der Waals surface area contributed by atoms with Gasteiger partial charge in [0.25, 0.3) is 10.0 Å². The van der Waals surface area contributed by atoms with Crippen LogP contribution in [0.2, 0.25) is 0 Å². The Morgan fingerprint density at radius 1 is 0.848 bits per heavy atom. The molecular weight excluding hydrogens is 520 g/mol. The molecular formula is C25H21BrN2O3S2. The second-order valence-corrected chi connectivity index (χ2v) is 10.8. The predicted octanol–water partition coefficient (Wildman–Crippen LogP) is 6.28. The van der Waals surface area contributed by atoms with Crippen molar-refractivity contribution in [3.63, 3.8) is 0 Å². The van der Waals surface area contributed by atoms with Crippen molar-refractivity contribution in [3.05, 3.63) is 101 Å². The number of carbonyl (C=O) groups excluding carboxylic acids is 1. The highest BCUT2D eigenvalue weighted by molar-refractivity contribution is 9.10. The molecule has 5 nitrogen and oxygen atoms in total. The fourth-order valence-corrected chi connectivity index (χ4v) is 5.82. The van der Waals surface area contributed by atoms with E-state index < -0.39 is 10.0 Å². The van der Waals surface area contributed by atoms with E-state index in [1.165, 1.54) is 23.9 Å². The van der Waals surface area contributed by atoms with Crippen molar-refractivity contribution in [2.24, 2.45) is 0 Å². The monoisotopic (exact) mass is 540 g/mol. The van der Waals surface area contributed by atoms with Gasteiger partial charge < -0.3 is 5.32 Å². The highest BCUT2D eigenvalue weighted by Crippen LogP contribution is 2.26. The molecule has 2 N–H and O–H groups in total. The minimum atomic E-state index is -3.77. The number of thioether (sulfide) groups is 1. The zero-order valence-electron chi connectivity index (χ0n) is 17.5. The van der Waals surface area contributed by atoms with Crippen LogP contribution in [0.4, 0.5) is 11.4 Å². The summed E-state index contributed by atoms with van der Waals surface area (Å²) in [5.41, 5.74) is 2.20. The molecule has 0 aromatic heterocycles. The van der Waals surface area contributed by atoms with Gasteiger partial charge in [-0.05, 0) is 47.3 Å². The molecule has 4 rings (SSSR count). The van der Waals surface area contributed by atoms with Gasteiger partial charge in [-0.2, -0.15) is 0 Å². The second kappa shape index (κ2) is 10.4. The number of hydrogen-bond acceptors (Lipinski definition) is 4. The van der Waals surface area contributed by atoms with E-state index in [1.54, 1.807) is 18.2 Å². The molecule has 0 bridgehead atoms. The third-order valence-electron chi connectivity index (χ3n) is 4.93. The van der Waals surface area contributed by atoms with E-state index in [-0.39, 0.29) is 10.8 Å². The Morgan fingerprint density at radius 3 is 2.33 bits per heavy atom. The number of anilines is 2. The van der Waals surface area contributed by atoms with Gasteiger partial charge >= 0.3 is 0 Å². The van der Waals surface area contributed by atoms with Crippen LogP contribution in [0.15, 0.2) is 100 Å². The maximum Gasteiger partial charge on any atom is 0.261 e. The van der Waals surface area contributed by atoms with Crippen LogP contribution in [-0.2, 0) is 20.6 Å². The number of nitrogens with one attached hydrogen (secondary N) is 2. The Bertz CT molecular complexity index is 1390. The summed E-state index contributed by atoms with van der Waals surface area (Å²) < 4.78 is 29.4. The Balaban J connectivity index is 1.37. The van der Waals surface area contributed by atoms with Gasteiger partial charge in [0.2, 0.25) is 5.91 Å². The number of hydrogen-bond donors (Lipinski definition) is 2. The Kier molecular flexibility index (Phi) is 7.37. The first-order chi connectivity index (χ1) is 15.9. The van der Waals surface area contributed by atoms with Crippen molar-refractivity contribution in [3.8, 4) is 0 Å². The minimum Gasteiger partial charge on any atom is -0.325 e. The van der Waals surface area contributed by atoms with Crippen molar-refractivity contribution < 1.29 is 13.2 Å². The molecule has 0 heterocycles. The lowest BCUT2D eigenvalue weighted by Crippen LogP contribution is -2.15. The standard InChI is InChI=1S/C25H21BrN2O3S2/c26-23-10-4-2-7-19(23)16-32-17-25(29)27-20-12-14-21(15-13-20)33(30,31)28-24-11-5-8-18-6-1-3-9-22(18)24/h1-15,28H,16-17H2,(H,27,29). The molecule has 0 saturated carbocycles. The summed E-state index contributed by atoms with van der Waals surface area (Å²) in [5.74, 6) is 0.868. The van der Waals surface area contributed by atoms with Crippen LogP contribution in [0.1, 0.15) is 5.56 Å². The molecule has 0 atom stereocenters. The Morgan fingerprint density at radius 2 is 1.55 bits per heavy atom. The molecule has 4 aromatic rings. The van der Waals surface area contributed by atoms with Gasteiger partial charge in [0.15, 0.2) is 0 Å². The number of rotatable bonds is 8. The molecule has 8 heteroatoms. The van der Waals surface area contributed by atoms with Crippen LogP contribution in [0.25, 0.3) is 10.8 Å². The lowest BCUT2D eigenvalue weighted by molar-refractivity contribution is -0.113. The highest BCUT2D eigenvalue weighted by Gasteiger charge is 2.16. The Labute approximate surface area is 205 Å². The van der Waals surface area contributed by atoms with Gasteiger partial charge in [0, 0.05) is 21.3 Å². The molecule has 0 fully saturated rings. The summed E-state index contributed by atoms with van der Waals surface area (Å²) >= 11 is 5.01. The van der Waals surface area contributed by atoms with E-state index in [0.717, 1.165) is 20.8 Å². The van der Waals surface area contributed by atoms with Crippen LogP contribution < -0.4 is 10.0 Å². The van der Waals surface area contributed by atoms with Crippen molar-refractivity contribution in [2.45, 2.75) is 10.6 Å². The highest BCUT2D eigenvalue weighted by atomic mass is 79.9. The molecule has 0 aliphatic carbocycles. The lowest BCUT2D eigenvalue weighted by atomic mass is 10.1. The molecule has 0 spiro atoms. The molecule has 4 aromatic carbocycles. The summed E-state index contributed by atoms with van der Waals surface area (Å²) in [6.45, 7) is 0. The third-order valence-corrected chi connectivity index (χ3v) is 8.07. The Hall–Kier alpha value is -2.81. The number of sulfonamides is 1. The number of halogens is 1. The molecule has 1 amide bonds. The molecule has 33 heavy (non-hydrogen) atoms. The van der Waals surface area contributed by atoms with Crippen molar-refractivity contribution in [1.82, 2.24) is 0 Å². The lowest BCUT2D eigenvalue weighted by Gasteiger charge is -2.11. The fraction of sp³-hybridized carbons (Fsp3) is 0.0800. The average Bonchev–Trinajstić information content (AvgIpc) is 2.81. The van der Waals surface area contributed by atoms with Gasteiger partial charge in [0.1, 0.15) is 0 Å². The number of amides is 1. The third kappa shape index (κ3) is 5.96. The maximum atomic E-state index is 12.9. The summed E-state index contributed by atoms with van der Waals surface area (Å²) in [4.78, 5) is 12.4. The first-order valence-corrected chi connectivity index (χ1v) is 13.6. The average molecular weight is 541 g/mol. The first-order valence-electron chi connectivity index (χ1n) is 10.1. The number of fused-ring (bicyclic) bond motifs is 1. The minimum absolute atomic E-state index is 0.122. The number of carbonyl (C=O) groups is 1. The molecule has 168 valence electrons. The smallest absolute Gasteiger partial charge is 0.261 e. The summed E-state index contributed by atoms with van der Waals surface area (Å²) in [6, 6.07) is 27.1. The van der Waals surface area contributed by atoms with Crippen molar-refractivity contribution in [2.75, 3.05) is 15.8 Å². The van der Waals surface area contributed by atoms with Crippen LogP contribution in [0.3, 0.4) is 0 Å². The largest absolute Gasteiger partial charge is 0.325 e. The quantitative estimate of drug-likeness (QED) is 0.276. The van der Waals surface area contributed by atoms with Crippen molar-refractivity contribution >= 4 is 65.8 Å². The summed E-state index contributed by atoms with van der Waals surface area (Å²) in [7, 11) is -3.77. The normalized spacial score (nSPS) is 11.3. The molecule has 0 aliphatic rings. The van der Waals surface area contributed by atoms with Gasteiger partial charge in [-0.1, -0.05) is 70.5 Å². The zero-order chi connectivity index (χ0) is 23.3. The summed E-state index contributed by atoms with van der Waals surface area (Å²) in [6.07, 6.45) is 0. The van der Waals surface area contributed by atoms with Gasteiger partial charge in [-0.3, -0.25) is 9.52 Å². The van der Waals surface area contributed by atoms with E-state index >= 15 is 0 Å². The van der Waals surface area contributed by atoms with Crippen LogP contribution in [0.5, 0.6) is 0 Å². The van der Waals surface area contributed by atoms with Gasteiger partial charge in [-0.25, -0.2) is 8.42 Å². The van der Waals surface area contributed by atoms with Gasteiger partial charge in [-0.15, -0.1) is 11.8 Å². The molecule has 0 aliphatic heterocycles. The van der Waals surface area contributed by atoms with E-state index in [4.69, 9.17) is 0 Å². The van der Waals surface area contributed by atoms with Gasteiger partial charge in [0.05, 0.1) is 16.3 Å². The van der Waals surface area contributed by atoms with Crippen molar-refractivity contribution in [1.29, 1.82) is 0 Å². The van der Waals surface area contributed by atoms with Crippen LogP contribution >= 0.6 is 27.7 Å². The van der Waals surface area contributed by atoms with Crippen LogP contribution in [-0.4, -0.2) is 20.1 Å². The predicted molar refractivity (Wildman–Crippen MR) is 140 cm³/mol. The number of benzene rings is 4. The topological polar surface area (TPSA) is 75.3 Å². The van der Waals surface area contributed by atoms with E-state index in [2.05, 4.69) is 26.0 Å². The summed E-state index contributed by atoms with van der Waals surface area (Å²) in [5, 5.41) is 4.59. The maximum absolute atomic E-state index is 12.9. The molecule has 0 unspecified atom stereocenters. The zero-order valence-corrected chi connectivity index (χ0v) is 20.7. The van der Waals surface area contributed by atoms with Crippen LogP contribution in [0, 0.1) is 0 Å². The first kappa shape index (κ1) is 23.4.